The number of hydrogen-bond donors (Lipinski definition) is 0. The normalized spacial score (nSPS) is 14.7. The van der Waals surface area contributed by atoms with Crippen LogP contribution in [0.4, 0.5) is 5.69 Å². The van der Waals surface area contributed by atoms with E-state index in [-0.39, 0.29) is 5.92 Å². The molecule has 0 heterocycles. The van der Waals surface area contributed by atoms with Crippen molar-refractivity contribution in [3.8, 4) is 11.1 Å². The fraction of sp³-hybridized carbons (Fsp3) is 0.188. The first kappa shape index (κ1) is 21.3. The minimum Gasteiger partial charge on any atom is -0.378 e. The van der Waals surface area contributed by atoms with E-state index in [4.69, 9.17) is 0 Å². The fourth-order valence-corrected chi connectivity index (χ4v) is 5.09. The molecule has 0 saturated heterocycles. The summed E-state index contributed by atoms with van der Waals surface area (Å²) in [6, 6.07) is 31.3. The van der Waals surface area contributed by atoms with Crippen LogP contribution in [-0.2, 0) is 0 Å². The van der Waals surface area contributed by atoms with Gasteiger partial charge in [0, 0.05) is 25.7 Å². The van der Waals surface area contributed by atoms with Gasteiger partial charge in [-0.25, -0.2) is 0 Å². The number of rotatable bonds is 4. The van der Waals surface area contributed by atoms with Crippen molar-refractivity contribution >= 4 is 17.3 Å². The number of hydrogen-bond acceptors (Lipinski definition) is 1. The molecule has 1 aliphatic carbocycles. The van der Waals surface area contributed by atoms with Crippen LogP contribution >= 0.6 is 0 Å². The van der Waals surface area contributed by atoms with Gasteiger partial charge in [-0.2, -0.15) is 0 Å². The number of benzene rings is 4. The average molecular weight is 430 g/mol. The Kier molecular flexibility index (Phi) is 5.42. The van der Waals surface area contributed by atoms with Gasteiger partial charge >= 0.3 is 0 Å². The Morgan fingerprint density at radius 2 is 1.36 bits per heavy atom. The number of allylic oxidation sites excluding steroid dienone is 1. The number of aryl methyl sites for hydroxylation is 1. The van der Waals surface area contributed by atoms with Crippen molar-refractivity contribution in [2.45, 2.75) is 26.7 Å². The Hall–Kier alpha value is -3.58. The second-order valence-electron chi connectivity index (χ2n) is 9.37. The Balaban J connectivity index is 1.78. The van der Waals surface area contributed by atoms with E-state index in [2.05, 4.69) is 131 Å². The van der Waals surface area contributed by atoms with E-state index < -0.39 is 0 Å². The van der Waals surface area contributed by atoms with Crippen LogP contribution in [0.2, 0.25) is 0 Å². The zero-order valence-electron chi connectivity index (χ0n) is 20.2. The van der Waals surface area contributed by atoms with Crippen molar-refractivity contribution in [3.63, 3.8) is 0 Å². The van der Waals surface area contributed by atoms with E-state index in [1.54, 1.807) is 0 Å². The SMILES string of the molecule is Cc1ccc(-c2cc(N(C)C)ccc2C2C(c3ccccc3)=Cc3ccccc32)c(C)c1C. The molecule has 33 heavy (non-hydrogen) atoms. The van der Waals surface area contributed by atoms with Gasteiger partial charge in [0.2, 0.25) is 0 Å². The lowest BCUT2D eigenvalue weighted by molar-refractivity contribution is 1.06. The van der Waals surface area contributed by atoms with Crippen molar-refractivity contribution in [1.82, 2.24) is 0 Å². The molecule has 4 aromatic carbocycles. The Morgan fingerprint density at radius 3 is 2.12 bits per heavy atom. The third-order valence-corrected chi connectivity index (χ3v) is 7.25. The maximum absolute atomic E-state index is 2.38. The zero-order valence-corrected chi connectivity index (χ0v) is 20.2. The lowest BCUT2D eigenvalue weighted by atomic mass is 9.80. The van der Waals surface area contributed by atoms with Gasteiger partial charge in [-0.15, -0.1) is 0 Å². The first-order valence-electron chi connectivity index (χ1n) is 11.7. The summed E-state index contributed by atoms with van der Waals surface area (Å²) in [5.74, 6) is 0.204. The molecule has 0 amide bonds. The van der Waals surface area contributed by atoms with Crippen LogP contribution in [0.5, 0.6) is 0 Å². The Morgan fingerprint density at radius 1 is 0.636 bits per heavy atom. The molecular weight excluding hydrogens is 398 g/mol. The summed E-state index contributed by atoms with van der Waals surface area (Å²) in [5.41, 5.74) is 14.7. The summed E-state index contributed by atoms with van der Waals surface area (Å²) in [6.45, 7) is 6.71. The minimum atomic E-state index is 0.204. The summed E-state index contributed by atoms with van der Waals surface area (Å²) in [7, 11) is 4.23. The van der Waals surface area contributed by atoms with Crippen molar-refractivity contribution in [2.75, 3.05) is 19.0 Å². The molecule has 1 aliphatic rings. The molecule has 1 nitrogen and oxygen atoms in total. The standard InChI is InChI=1S/C32H31N/c1-21-15-17-27(23(3)22(21)2)31-20-26(33(4)5)16-18-29(31)32-28-14-10-9-13-25(28)19-30(32)24-11-7-6-8-12-24/h6-20,32H,1-5H3. The van der Waals surface area contributed by atoms with E-state index in [0.29, 0.717) is 0 Å². The molecule has 5 rings (SSSR count). The zero-order chi connectivity index (χ0) is 23.1. The molecule has 0 bridgehead atoms. The first-order chi connectivity index (χ1) is 16.0. The molecular formula is C32H31N. The molecule has 0 saturated carbocycles. The number of fused-ring (bicyclic) bond motifs is 1. The van der Waals surface area contributed by atoms with Crippen LogP contribution in [0.25, 0.3) is 22.8 Å². The monoisotopic (exact) mass is 429 g/mol. The van der Waals surface area contributed by atoms with Gasteiger partial charge in [0.1, 0.15) is 0 Å². The number of nitrogens with zero attached hydrogens (tertiary/aromatic N) is 1. The van der Waals surface area contributed by atoms with E-state index in [0.717, 1.165) is 0 Å². The Labute approximate surface area is 198 Å². The van der Waals surface area contributed by atoms with Crippen molar-refractivity contribution < 1.29 is 0 Å². The quantitative estimate of drug-likeness (QED) is 0.317. The molecule has 0 aliphatic heterocycles. The summed E-state index contributed by atoms with van der Waals surface area (Å²) in [6.07, 6.45) is 2.38. The van der Waals surface area contributed by atoms with Crippen LogP contribution < -0.4 is 4.90 Å². The Bertz CT molecular complexity index is 1360. The highest BCUT2D eigenvalue weighted by atomic mass is 15.1. The van der Waals surface area contributed by atoms with Gasteiger partial charge in [-0.3, -0.25) is 0 Å². The smallest absolute Gasteiger partial charge is 0.0367 e. The van der Waals surface area contributed by atoms with Gasteiger partial charge in [0.25, 0.3) is 0 Å². The highest BCUT2D eigenvalue weighted by molar-refractivity contribution is 5.95. The van der Waals surface area contributed by atoms with E-state index in [1.165, 1.54) is 61.3 Å². The largest absolute Gasteiger partial charge is 0.378 e. The maximum Gasteiger partial charge on any atom is 0.0367 e. The summed E-state index contributed by atoms with van der Waals surface area (Å²) < 4.78 is 0. The van der Waals surface area contributed by atoms with E-state index in [9.17, 15) is 0 Å². The van der Waals surface area contributed by atoms with Crippen LogP contribution in [-0.4, -0.2) is 14.1 Å². The van der Waals surface area contributed by atoms with Gasteiger partial charge in [0.05, 0.1) is 0 Å². The minimum absolute atomic E-state index is 0.204. The number of anilines is 1. The molecule has 0 N–H and O–H groups in total. The summed E-state index contributed by atoms with van der Waals surface area (Å²) in [4.78, 5) is 2.19. The average Bonchev–Trinajstić information content (AvgIpc) is 3.22. The molecule has 1 unspecified atom stereocenters. The topological polar surface area (TPSA) is 3.24 Å². The van der Waals surface area contributed by atoms with Gasteiger partial charge < -0.3 is 4.90 Å². The predicted molar refractivity (Wildman–Crippen MR) is 143 cm³/mol. The molecule has 0 fully saturated rings. The lowest BCUT2D eigenvalue weighted by Crippen LogP contribution is -2.10. The maximum atomic E-state index is 2.38. The van der Waals surface area contributed by atoms with Crippen LogP contribution in [0, 0.1) is 20.8 Å². The molecule has 1 heteroatoms. The van der Waals surface area contributed by atoms with Crippen LogP contribution in [0.1, 0.15) is 44.9 Å². The van der Waals surface area contributed by atoms with Gasteiger partial charge in [-0.05, 0) is 94.6 Å². The summed E-state index contributed by atoms with van der Waals surface area (Å²) >= 11 is 0. The predicted octanol–water partition coefficient (Wildman–Crippen LogP) is 8.03. The fourth-order valence-electron chi connectivity index (χ4n) is 5.09. The third-order valence-electron chi connectivity index (χ3n) is 7.25. The van der Waals surface area contributed by atoms with Crippen molar-refractivity contribution in [3.05, 3.63) is 124 Å². The molecule has 0 aromatic heterocycles. The van der Waals surface area contributed by atoms with Crippen LogP contribution in [0.15, 0.2) is 84.9 Å². The summed E-state index contributed by atoms with van der Waals surface area (Å²) in [5, 5.41) is 0. The highest BCUT2D eigenvalue weighted by Crippen LogP contribution is 2.49. The second-order valence-corrected chi connectivity index (χ2v) is 9.37. The lowest BCUT2D eigenvalue weighted by Gasteiger charge is -2.25. The second kappa shape index (κ2) is 8.41. The van der Waals surface area contributed by atoms with E-state index >= 15 is 0 Å². The molecule has 0 radical (unpaired) electrons. The molecule has 4 aromatic rings. The van der Waals surface area contributed by atoms with Gasteiger partial charge in [0.15, 0.2) is 0 Å². The van der Waals surface area contributed by atoms with Crippen molar-refractivity contribution in [2.24, 2.45) is 0 Å². The van der Waals surface area contributed by atoms with Crippen molar-refractivity contribution in [1.29, 1.82) is 0 Å². The highest BCUT2D eigenvalue weighted by Gasteiger charge is 2.30. The van der Waals surface area contributed by atoms with E-state index in [1.807, 2.05) is 0 Å². The molecule has 0 spiro atoms. The van der Waals surface area contributed by atoms with Crippen LogP contribution in [0.3, 0.4) is 0 Å². The first-order valence-corrected chi connectivity index (χ1v) is 11.7. The molecule has 164 valence electrons. The van der Waals surface area contributed by atoms with Gasteiger partial charge in [-0.1, -0.05) is 72.8 Å². The molecule has 1 atom stereocenters. The third kappa shape index (κ3) is 3.68.